The van der Waals surface area contributed by atoms with Crippen LogP contribution in [0.1, 0.15) is 5.56 Å². The lowest BCUT2D eigenvalue weighted by molar-refractivity contribution is 0.768. The Labute approximate surface area is 116 Å². The average molecular weight is 266 g/mol. The van der Waals surface area contributed by atoms with E-state index in [-0.39, 0.29) is 0 Å². The summed E-state index contributed by atoms with van der Waals surface area (Å²) in [5.74, 6) is 0.931. The van der Waals surface area contributed by atoms with Crippen LogP contribution in [0.25, 0.3) is 22.8 Å². The van der Waals surface area contributed by atoms with Gasteiger partial charge in [0.2, 0.25) is 0 Å². The second-order valence-corrected chi connectivity index (χ2v) is 4.63. The van der Waals surface area contributed by atoms with Crippen LogP contribution >= 0.6 is 0 Å². The molecule has 0 amide bonds. The quantitative estimate of drug-likeness (QED) is 0.765. The van der Waals surface area contributed by atoms with Gasteiger partial charge in [-0.15, -0.1) is 0 Å². The molecule has 0 atom stereocenters. The molecule has 6 heteroatoms. The number of nitrogens with two attached hydrogens (primary N) is 1. The van der Waals surface area contributed by atoms with Gasteiger partial charge in [0.25, 0.3) is 0 Å². The molecule has 0 fully saturated rings. The van der Waals surface area contributed by atoms with Gasteiger partial charge in [-0.2, -0.15) is 5.10 Å². The number of rotatable bonds is 2. The molecular formula is C14H14N6. The predicted molar refractivity (Wildman–Crippen MR) is 76.6 cm³/mol. The Hall–Kier alpha value is -2.76. The highest BCUT2D eigenvalue weighted by atomic mass is 15.2. The molecule has 0 spiro atoms. The Morgan fingerprint density at radius 1 is 1.10 bits per heavy atom. The van der Waals surface area contributed by atoms with Crippen molar-refractivity contribution in [3.8, 4) is 22.8 Å². The van der Waals surface area contributed by atoms with Crippen LogP contribution in [0.2, 0.25) is 0 Å². The Bertz CT molecular complexity index is 745. The third-order valence-electron chi connectivity index (χ3n) is 2.89. The van der Waals surface area contributed by atoms with Crippen LogP contribution in [0, 0.1) is 6.92 Å². The van der Waals surface area contributed by atoms with E-state index in [4.69, 9.17) is 5.73 Å². The second kappa shape index (κ2) is 4.73. The van der Waals surface area contributed by atoms with Crippen molar-refractivity contribution >= 4 is 5.82 Å². The number of pyridine rings is 1. The predicted octanol–water partition coefficient (Wildman–Crippen LogP) is 1.83. The molecular weight excluding hydrogens is 252 g/mol. The fourth-order valence-electron chi connectivity index (χ4n) is 1.88. The molecule has 0 aliphatic heterocycles. The van der Waals surface area contributed by atoms with Crippen molar-refractivity contribution in [1.82, 2.24) is 24.7 Å². The maximum Gasteiger partial charge on any atom is 0.180 e. The van der Waals surface area contributed by atoms with Gasteiger partial charge in [0.15, 0.2) is 5.82 Å². The molecule has 3 aromatic heterocycles. The van der Waals surface area contributed by atoms with E-state index in [0.29, 0.717) is 17.3 Å². The number of nitrogen functional groups attached to an aromatic ring is 1. The highest BCUT2D eigenvalue weighted by Crippen LogP contribution is 2.21. The minimum absolute atomic E-state index is 0.413. The molecule has 100 valence electrons. The van der Waals surface area contributed by atoms with Crippen LogP contribution < -0.4 is 5.73 Å². The first-order valence-corrected chi connectivity index (χ1v) is 6.18. The van der Waals surface area contributed by atoms with Gasteiger partial charge in [0.05, 0.1) is 11.9 Å². The van der Waals surface area contributed by atoms with Crippen molar-refractivity contribution in [2.45, 2.75) is 6.92 Å². The van der Waals surface area contributed by atoms with Crippen molar-refractivity contribution < 1.29 is 0 Å². The molecule has 0 aromatic carbocycles. The van der Waals surface area contributed by atoms with Crippen molar-refractivity contribution in [2.75, 3.05) is 5.73 Å². The minimum Gasteiger partial charge on any atom is -0.384 e. The summed E-state index contributed by atoms with van der Waals surface area (Å²) in [6, 6.07) is 5.59. The number of hydrogen-bond donors (Lipinski definition) is 1. The molecule has 0 saturated carbocycles. The molecule has 0 saturated heterocycles. The van der Waals surface area contributed by atoms with E-state index < -0.39 is 0 Å². The van der Waals surface area contributed by atoms with E-state index in [9.17, 15) is 0 Å². The van der Waals surface area contributed by atoms with Crippen LogP contribution in [-0.2, 0) is 7.05 Å². The molecule has 0 bridgehead atoms. The smallest absolute Gasteiger partial charge is 0.180 e. The molecule has 0 unspecified atom stereocenters. The van der Waals surface area contributed by atoms with Crippen LogP contribution in [0.15, 0.2) is 36.8 Å². The maximum absolute atomic E-state index is 5.86. The van der Waals surface area contributed by atoms with Crippen LogP contribution in [0.3, 0.4) is 0 Å². The number of nitrogens with zero attached hydrogens (tertiary/aromatic N) is 5. The van der Waals surface area contributed by atoms with Crippen molar-refractivity contribution in [3.05, 3.63) is 42.4 Å². The summed E-state index contributed by atoms with van der Waals surface area (Å²) in [4.78, 5) is 13.1. The van der Waals surface area contributed by atoms with Gasteiger partial charge in [-0.3, -0.25) is 9.67 Å². The number of aromatic nitrogens is 5. The first-order valence-electron chi connectivity index (χ1n) is 6.18. The highest BCUT2D eigenvalue weighted by molar-refractivity contribution is 5.64. The lowest BCUT2D eigenvalue weighted by Crippen LogP contribution is -1.99. The van der Waals surface area contributed by atoms with Gasteiger partial charge in [0.1, 0.15) is 11.5 Å². The number of anilines is 1. The summed E-state index contributed by atoms with van der Waals surface area (Å²) in [7, 11) is 1.86. The van der Waals surface area contributed by atoms with E-state index in [2.05, 4.69) is 20.1 Å². The molecule has 0 aliphatic carbocycles. The summed E-state index contributed by atoms with van der Waals surface area (Å²) in [6.45, 7) is 1.98. The van der Waals surface area contributed by atoms with E-state index in [1.165, 1.54) is 0 Å². The minimum atomic E-state index is 0.413. The fourth-order valence-corrected chi connectivity index (χ4v) is 1.88. The average Bonchev–Trinajstić information content (AvgIpc) is 2.85. The number of hydrogen-bond acceptors (Lipinski definition) is 5. The van der Waals surface area contributed by atoms with E-state index in [1.807, 2.05) is 32.3 Å². The van der Waals surface area contributed by atoms with Gasteiger partial charge < -0.3 is 5.73 Å². The third-order valence-corrected chi connectivity index (χ3v) is 2.89. The Morgan fingerprint density at radius 2 is 1.95 bits per heavy atom. The lowest BCUT2D eigenvalue weighted by atomic mass is 10.2. The molecule has 2 N–H and O–H groups in total. The lowest BCUT2D eigenvalue weighted by Gasteiger charge is -2.04. The van der Waals surface area contributed by atoms with Gasteiger partial charge >= 0.3 is 0 Å². The van der Waals surface area contributed by atoms with Gasteiger partial charge in [-0.25, -0.2) is 9.97 Å². The first-order chi connectivity index (χ1) is 9.61. The zero-order valence-electron chi connectivity index (χ0n) is 11.3. The largest absolute Gasteiger partial charge is 0.384 e. The standard InChI is InChI=1S/C14H14N6/c1-9-3-4-11(16-6-9)14-18-12(5-13(15)19-14)10-7-17-20(2)8-10/h3-8H,1-2H3,(H2,15,18,19). The molecule has 3 heterocycles. The summed E-state index contributed by atoms with van der Waals surface area (Å²) >= 11 is 0. The number of aryl methyl sites for hydroxylation is 2. The second-order valence-electron chi connectivity index (χ2n) is 4.63. The van der Waals surface area contributed by atoms with E-state index in [0.717, 1.165) is 16.8 Å². The molecule has 6 nitrogen and oxygen atoms in total. The van der Waals surface area contributed by atoms with Crippen LogP contribution in [0.5, 0.6) is 0 Å². The van der Waals surface area contributed by atoms with Crippen LogP contribution in [0.4, 0.5) is 5.82 Å². The maximum atomic E-state index is 5.86. The Kier molecular flexibility index (Phi) is 2.90. The molecule has 3 rings (SSSR count). The monoisotopic (exact) mass is 266 g/mol. The van der Waals surface area contributed by atoms with E-state index >= 15 is 0 Å². The topological polar surface area (TPSA) is 82.5 Å². The third kappa shape index (κ3) is 2.35. The van der Waals surface area contributed by atoms with Gasteiger partial charge in [-0.1, -0.05) is 6.07 Å². The normalized spacial score (nSPS) is 10.7. The summed E-state index contributed by atoms with van der Waals surface area (Å²) in [5, 5.41) is 4.14. The molecule has 0 aliphatic rings. The fraction of sp³-hybridized carbons (Fsp3) is 0.143. The zero-order chi connectivity index (χ0) is 14.1. The van der Waals surface area contributed by atoms with Gasteiger partial charge in [0, 0.05) is 31.1 Å². The van der Waals surface area contributed by atoms with Gasteiger partial charge in [-0.05, 0) is 18.6 Å². The summed E-state index contributed by atoms with van der Waals surface area (Å²) < 4.78 is 1.72. The Balaban J connectivity index is 2.09. The first kappa shape index (κ1) is 12.3. The molecule has 3 aromatic rings. The zero-order valence-corrected chi connectivity index (χ0v) is 11.3. The summed E-state index contributed by atoms with van der Waals surface area (Å²) in [6.07, 6.45) is 5.41. The van der Waals surface area contributed by atoms with Crippen molar-refractivity contribution in [1.29, 1.82) is 0 Å². The summed E-state index contributed by atoms with van der Waals surface area (Å²) in [5.41, 5.74) is 9.29. The highest BCUT2D eigenvalue weighted by Gasteiger charge is 2.09. The molecule has 0 radical (unpaired) electrons. The van der Waals surface area contributed by atoms with E-state index in [1.54, 1.807) is 23.1 Å². The SMILES string of the molecule is Cc1ccc(-c2nc(N)cc(-c3cnn(C)c3)n2)nc1. The van der Waals surface area contributed by atoms with Crippen LogP contribution in [-0.4, -0.2) is 24.7 Å². The van der Waals surface area contributed by atoms with Crippen molar-refractivity contribution in [2.24, 2.45) is 7.05 Å². The van der Waals surface area contributed by atoms with Crippen molar-refractivity contribution in [3.63, 3.8) is 0 Å². The Morgan fingerprint density at radius 3 is 2.60 bits per heavy atom. The molecule has 20 heavy (non-hydrogen) atoms.